The van der Waals surface area contributed by atoms with Gasteiger partial charge in [-0.15, -0.1) is 0 Å². The molecule has 0 spiro atoms. The van der Waals surface area contributed by atoms with Crippen LogP contribution in [0.15, 0.2) is 12.3 Å². The van der Waals surface area contributed by atoms with Crippen LogP contribution in [0.2, 0.25) is 5.02 Å². The lowest BCUT2D eigenvalue weighted by atomic mass is 10.1. The molecular formula is C15H23ClN2O2. The van der Waals surface area contributed by atoms with Gasteiger partial charge < -0.3 is 14.8 Å². The largest absolute Gasteiger partial charge is 0.477 e. The van der Waals surface area contributed by atoms with Gasteiger partial charge in [-0.2, -0.15) is 0 Å². The molecular weight excluding hydrogens is 276 g/mol. The highest BCUT2D eigenvalue weighted by molar-refractivity contribution is 6.31. The van der Waals surface area contributed by atoms with Crippen LogP contribution in [0.25, 0.3) is 0 Å². The average molecular weight is 299 g/mol. The fourth-order valence-corrected chi connectivity index (χ4v) is 2.26. The van der Waals surface area contributed by atoms with Crippen LogP contribution in [0.1, 0.15) is 25.8 Å². The SMILES string of the molecule is CC(C)CNCc1cc(OCC2CCOC2)ncc1Cl. The van der Waals surface area contributed by atoms with Gasteiger partial charge >= 0.3 is 0 Å². The van der Waals surface area contributed by atoms with Gasteiger partial charge in [0.2, 0.25) is 5.88 Å². The molecule has 0 aromatic carbocycles. The maximum Gasteiger partial charge on any atom is 0.213 e. The monoisotopic (exact) mass is 298 g/mol. The van der Waals surface area contributed by atoms with E-state index in [-0.39, 0.29) is 0 Å². The summed E-state index contributed by atoms with van der Waals surface area (Å²) >= 11 is 6.16. The third kappa shape index (κ3) is 4.93. The van der Waals surface area contributed by atoms with Gasteiger partial charge in [-0.05, 0) is 24.4 Å². The Bertz CT molecular complexity index is 420. The zero-order chi connectivity index (χ0) is 14.4. The molecule has 2 heterocycles. The van der Waals surface area contributed by atoms with E-state index in [2.05, 4.69) is 24.1 Å². The van der Waals surface area contributed by atoms with E-state index in [1.165, 1.54) is 0 Å². The Labute approximate surface area is 125 Å². The third-order valence-electron chi connectivity index (χ3n) is 3.27. The van der Waals surface area contributed by atoms with Crippen LogP contribution in [0.4, 0.5) is 0 Å². The Balaban J connectivity index is 1.86. The Morgan fingerprint density at radius 3 is 3.10 bits per heavy atom. The van der Waals surface area contributed by atoms with Crippen molar-refractivity contribution in [2.45, 2.75) is 26.8 Å². The summed E-state index contributed by atoms with van der Waals surface area (Å²) in [5.74, 6) is 1.74. The van der Waals surface area contributed by atoms with Crippen molar-refractivity contribution >= 4 is 11.6 Å². The van der Waals surface area contributed by atoms with Gasteiger partial charge in [-0.1, -0.05) is 25.4 Å². The van der Waals surface area contributed by atoms with E-state index < -0.39 is 0 Å². The first kappa shape index (κ1) is 15.5. The number of aromatic nitrogens is 1. The van der Waals surface area contributed by atoms with E-state index in [4.69, 9.17) is 21.1 Å². The summed E-state index contributed by atoms with van der Waals surface area (Å²) in [5.41, 5.74) is 1.03. The molecule has 1 aliphatic heterocycles. The van der Waals surface area contributed by atoms with Crippen molar-refractivity contribution in [1.82, 2.24) is 10.3 Å². The second-order valence-electron chi connectivity index (χ2n) is 5.68. The molecule has 1 unspecified atom stereocenters. The highest BCUT2D eigenvalue weighted by Crippen LogP contribution is 2.21. The molecule has 1 N–H and O–H groups in total. The molecule has 0 aliphatic carbocycles. The number of hydrogen-bond acceptors (Lipinski definition) is 4. The van der Waals surface area contributed by atoms with Crippen molar-refractivity contribution in [3.8, 4) is 5.88 Å². The fraction of sp³-hybridized carbons (Fsp3) is 0.667. The minimum absolute atomic E-state index is 0.481. The molecule has 2 rings (SSSR count). The van der Waals surface area contributed by atoms with Crippen LogP contribution in [0, 0.1) is 11.8 Å². The number of pyridine rings is 1. The summed E-state index contributed by atoms with van der Waals surface area (Å²) in [6.45, 7) is 8.35. The van der Waals surface area contributed by atoms with E-state index in [0.29, 0.717) is 29.3 Å². The smallest absolute Gasteiger partial charge is 0.213 e. The Morgan fingerprint density at radius 2 is 2.40 bits per heavy atom. The zero-order valence-electron chi connectivity index (χ0n) is 12.2. The minimum atomic E-state index is 0.481. The van der Waals surface area contributed by atoms with Crippen molar-refractivity contribution in [1.29, 1.82) is 0 Å². The van der Waals surface area contributed by atoms with Crippen molar-refractivity contribution < 1.29 is 9.47 Å². The van der Waals surface area contributed by atoms with Crippen LogP contribution >= 0.6 is 11.6 Å². The molecule has 1 aromatic heterocycles. The maximum absolute atomic E-state index is 6.16. The molecule has 1 aromatic rings. The average Bonchev–Trinajstić information content (AvgIpc) is 2.92. The normalized spacial score (nSPS) is 18.7. The standard InChI is InChI=1S/C15H23ClN2O2/c1-11(2)6-17-7-13-5-15(18-8-14(13)16)20-10-12-3-4-19-9-12/h5,8,11-12,17H,3-4,6-7,9-10H2,1-2H3. The van der Waals surface area contributed by atoms with E-state index in [0.717, 1.165) is 38.3 Å². The lowest BCUT2D eigenvalue weighted by molar-refractivity contribution is 0.165. The fourth-order valence-electron chi connectivity index (χ4n) is 2.09. The van der Waals surface area contributed by atoms with Gasteiger partial charge in [0.1, 0.15) is 0 Å². The summed E-state index contributed by atoms with van der Waals surface area (Å²) in [7, 11) is 0. The topological polar surface area (TPSA) is 43.4 Å². The summed E-state index contributed by atoms with van der Waals surface area (Å²) in [5, 5.41) is 4.06. The molecule has 112 valence electrons. The summed E-state index contributed by atoms with van der Waals surface area (Å²) in [6.07, 6.45) is 2.73. The molecule has 1 aliphatic rings. The van der Waals surface area contributed by atoms with Crippen molar-refractivity contribution in [2.24, 2.45) is 11.8 Å². The van der Waals surface area contributed by atoms with Gasteiger partial charge in [-0.3, -0.25) is 0 Å². The second-order valence-corrected chi connectivity index (χ2v) is 6.09. The zero-order valence-corrected chi connectivity index (χ0v) is 12.9. The third-order valence-corrected chi connectivity index (χ3v) is 3.61. The molecule has 20 heavy (non-hydrogen) atoms. The van der Waals surface area contributed by atoms with E-state index in [1.54, 1.807) is 6.20 Å². The predicted octanol–water partition coefficient (Wildman–Crippen LogP) is 2.90. The maximum atomic E-state index is 6.16. The number of nitrogens with zero attached hydrogens (tertiary/aromatic N) is 1. The number of rotatable bonds is 7. The second kappa shape index (κ2) is 7.81. The van der Waals surface area contributed by atoms with E-state index in [9.17, 15) is 0 Å². The van der Waals surface area contributed by atoms with Crippen molar-refractivity contribution in [3.63, 3.8) is 0 Å². The molecule has 4 nitrogen and oxygen atoms in total. The lowest BCUT2D eigenvalue weighted by Gasteiger charge is -2.12. The molecule has 0 bridgehead atoms. The lowest BCUT2D eigenvalue weighted by Crippen LogP contribution is -2.19. The van der Waals surface area contributed by atoms with Gasteiger partial charge in [0.25, 0.3) is 0 Å². The van der Waals surface area contributed by atoms with Crippen LogP contribution in [-0.4, -0.2) is 31.3 Å². The summed E-state index contributed by atoms with van der Waals surface area (Å²) in [6, 6.07) is 1.92. The Hall–Kier alpha value is -0.840. The number of hydrogen-bond donors (Lipinski definition) is 1. The highest BCUT2D eigenvalue weighted by Gasteiger charge is 2.16. The van der Waals surface area contributed by atoms with Crippen LogP contribution in [0.3, 0.4) is 0 Å². The quantitative estimate of drug-likeness (QED) is 0.840. The number of halogens is 1. The molecule has 0 saturated carbocycles. The highest BCUT2D eigenvalue weighted by atomic mass is 35.5. The molecule has 0 amide bonds. The van der Waals surface area contributed by atoms with Crippen LogP contribution in [-0.2, 0) is 11.3 Å². The van der Waals surface area contributed by atoms with Gasteiger partial charge in [-0.25, -0.2) is 4.98 Å². The first-order valence-corrected chi connectivity index (χ1v) is 7.58. The number of ether oxygens (including phenoxy) is 2. The Kier molecular flexibility index (Phi) is 6.07. The summed E-state index contributed by atoms with van der Waals surface area (Å²) < 4.78 is 11.1. The minimum Gasteiger partial charge on any atom is -0.477 e. The molecule has 1 saturated heterocycles. The molecule has 5 heteroatoms. The first-order chi connectivity index (χ1) is 9.65. The molecule has 0 radical (unpaired) electrons. The van der Waals surface area contributed by atoms with Gasteiger partial charge in [0.05, 0.1) is 18.2 Å². The molecule has 1 fully saturated rings. The van der Waals surface area contributed by atoms with Crippen LogP contribution < -0.4 is 10.1 Å². The number of nitrogens with one attached hydrogen (secondary N) is 1. The summed E-state index contributed by atoms with van der Waals surface area (Å²) in [4.78, 5) is 4.22. The Morgan fingerprint density at radius 1 is 1.55 bits per heavy atom. The van der Waals surface area contributed by atoms with E-state index in [1.807, 2.05) is 6.07 Å². The van der Waals surface area contributed by atoms with Gasteiger partial charge in [0.15, 0.2) is 0 Å². The van der Waals surface area contributed by atoms with Gasteiger partial charge in [0, 0.05) is 31.3 Å². The first-order valence-electron chi connectivity index (χ1n) is 7.21. The van der Waals surface area contributed by atoms with Crippen molar-refractivity contribution in [3.05, 3.63) is 22.8 Å². The van der Waals surface area contributed by atoms with Crippen molar-refractivity contribution in [2.75, 3.05) is 26.4 Å². The van der Waals surface area contributed by atoms with E-state index >= 15 is 0 Å². The molecule has 1 atom stereocenters. The predicted molar refractivity (Wildman–Crippen MR) is 80.2 cm³/mol. The van der Waals surface area contributed by atoms with Crippen LogP contribution in [0.5, 0.6) is 5.88 Å².